The van der Waals surface area contributed by atoms with Gasteiger partial charge in [-0.05, 0) is 54.3 Å². The monoisotopic (exact) mass is 586 g/mol. The molecule has 2 aromatic rings. The van der Waals surface area contributed by atoms with Crippen LogP contribution in [-0.2, 0) is 36.3 Å². The van der Waals surface area contributed by atoms with Crippen molar-refractivity contribution in [1.29, 1.82) is 0 Å². The van der Waals surface area contributed by atoms with Crippen LogP contribution in [0.1, 0.15) is 59.6 Å². The summed E-state index contributed by atoms with van der Waals surface area (Å²) in [5.74, 6) is 0. The zero-order chi connectivity index (χ0) is 29.8. The molecular formula is C33H54O5Si2. The second-order valence-electron chi connectivity index (χ2n) is 14.3. The Kier molecular flexibility index (Phi) is 11.0. The van der Waals surface area contributed by atoms with Crippen molar-refractivity contribution in [3.8, 4) is 0 Å². The highest BCUT2D eigenvalue weighted by molar-refractivity contribution is 6.74. The van der Waals surface area contributed by atoms with E-state index in [9.17, 15) is 0 Å². The van der Waals surface area contributed by atoms with Gasteiger partial charge in [0.05, 0.1) is 25.9 Å². The van der Waals surface area contributed by atoms with Gasteiger partial charge < -0.3 is 23.1 Å². The molecule has 1 aliphatic rings. The predicted octanol–water partition coefficient (Wildman–Crippen LogP) is 8.36. The molecule has 0 bridgehead atoms. The van der Waals surface area contributed by atoms with Crippen molar-refractivity contribution < 1.29 is 23.1 Å². The van der Waals surface area contributed by atoms with Crippen molar-refractivity contribution in [3.63, 3.8) is 0 Å². The first-order chi connectivity index (χ1) is 18.5. The second-order valence-corrected chi connectivity index (χ2v) is 23.9. The van der Waals surface area contributed by atoms with Crippen LogP contribution in [0.2, 0.25) is 36.3 Å². The van der Waals surface area contributed by atoms with E-state index in [1.54, 1.807) is 0 Å². The molecule has 5 atom stereocenters. The van der Waals surface area contributed by atoms with E-state index in [1.807, 2.05) is 36.4 Å². The van der Waals surface area contributed by atoms with Crippen LogP contribution in [0, 0.1) is 0 Å². The number of benzene rings is 2. The molecule has 1 heterocycles. The summed E-state index contributed by atoms with van der Waals surface area (Å²) in [5, 5.41) is 0.141. The zero-order valence-corrected chi connectivity index (χ0v) is 28.8. The highest BCUT2D eigenvalue weighted by Gasteiger charge is 2.51. The molecule has 0 aromatic heterocycles. The standard InChI is InChI=1S/C33H54O5Si2/c1-25-29(34-22-26-18-14-12-15-19-26)31(38-40(10,11)33(5,6)7)30(35-23-27-20-16-13-17-21-27)28(37-25)24-36-39(8,9)32(2,3)4/h12-21,25,28-31H,22-24H2,1-11H3. The SMILES string of the molecule is CC1OC(CO[Si](C)(C)C(C)(C)C)C(OCc2ccccc2)C(O[Si](C)(C)C(C)(C)C)C1OCc1ccccc1. The molecule has 0 radical (unpaired) electrons. The minimum absolute atomic E-state index is 0.0373. The van der Waals surface area contributed by atoms with Crippen molar-refractivity contribution in [3.05, 3.63) is 71.8 Å². The topological polar surface area (TPSA) is 46.2 Å². The minimum atomic E-state index is -2.19. The van der Waals surface area contributed by atoms with E-state index in [0.29, 0.717) is 19.8 Å². The molecule has 1 saturated heterocycles. The Morgan fingerprint density at radius 3 is 1.55 bits per heavy atom. The van der Waals surface area contributed by atoms with Crippen LogP contribution in [0.5, 0.6) is 0 Å². The maximum absolute atomic E-state index is 7.21. The van der Waals surface area contributed by atoms with E-state index < -0.39 is 16.6 Å². The highest BCUT2D eigenvalue weighted by atomic mass is 28.4. The van der Waals surface area contributed by atoms with Crippen molar-refractivity contribution in [2.75, 3.05) is 6.61 Å². The lowest BCUT2D eigenvalue weighted by Gasteiger charge is -2.50. The van der Waals surface area contributed by atoms with Crippen LogP contribution < -0.4 is 0 Å². The van der Waals surface area contributed by atoms with Gasteiger partial charge in [-0.15, -0.1) is 0 Å². The Hall–Kier alpha value is -1.33. The fraction of sp³-hybridized carbons (Fsp3) is 0.636. The van der Waals surface area contributed by atoms with Crippen LogP contribution in [0.4, 0.5) is 0 Å². The fourth-order valence-corrected chi connectivity index (χ4v) is 6.67. The molecule has 0 spiro atoms. The third kappa shape index (κ3) is 8.60. The number of ether oxygens (including phenoxy) is 3. The third-order valence-corrected chi connectivity index (χ3v) is 18.1. The number of hydrogen-bond acceptors (Lipinski definition) is 5. The second kappa shape index (κ2) is 13.3. The summed E-state index contributed by atoms with van der Waals surface area (Å²) in [6.45, 7) is 26.4. The molecule has 0 aliphatic carbocycles. The first-order valence-corrected chi connectivity index (χ1v) is 20.6. The molecule has 0 amide bonds. The molecule has 0 saturated carbocycles. The highest BCUT2D eigenvalue weighted by Crippen LogP contribution is 2.41. The summed E-state index contributed by atoms with van der Waals surface area (Å²) >= 11 is 0. The molecule has 5 nitrogen and oxygen atoms in total. The Balaban J connectivity index is 1.95. The van der Waals surface area contributed by atoms with Gasteiger partial charge in [0.15, 0.2) is 16.6 Å². The average Bonchev–Trinajstić information content (AvgIpc) is 2.86. The molecule has 40 heavy (non-hydrogen) atoms. The minimum Gasteiger partial charge on any atom is -0.414 e. The Morgan fingerprint density at radius 1 is 0.650 bits per heavy atom. The maximum atomic E-state index is 7.21. The van der Waals surface area contributed by atoms with E-state index in [1.165, 1.54) is 0 Å². The van der Waals surface area contributed by atoms with Gasteiger partial charge in [-0.25, -0.2) is 0 Å². The van der Waals surface area contributed by atoms with Gasteiger partial charge >= 0.3 is 0 Å². The molecule has 1 fully saturated rings. The Morgan fingerprint density at radius 2 is 1.10 bits per heavy atom. The lowest BCUT2D eigenvalue weighted by molar-refractivity contribution is -0.248. The molecule has 0 N–H and O–H groups in total. The summed E-state index contributed by atoms with van der Waals surface area (Å²) in [6, 6.07) is 20.6. The zero-order valence-electron chi connectivity index (χ0n) is 26.8. The normalized spacial score (nSPS) is 24.7. The number of rotatable bonds is 11. The van der Waals surface area contributed by atoms with E-state index in [2.05, 4.69) is 98.9 Å². The van der Waals surface area contributed by atoms with Crippen molar-refractivity contribution >= 4 is 16.6 Å². The van der Waals surface area contributed by atoms with Gasteiger partial charge in [-0.2, -0.15) is 0 Å². The van der Waals surface area contributed by atoms with E-state index in [-0.39, 0.29) is 40.6 Å². The lowest BCUT2D eigenvalue weighted by Crippen LogP contribution is -2.64. The fourth-order valence-electron chi connectivity index (χ4n) is 4.35. The van der Waals surface area contributed by atoms with Crippen molar-refractivity contribution in [1.82, 2.24) is 0 Å². The van der Waals surface area contributed by atoms with E-state index >= 15 is 0 Å². The van der Waals surface area contributed by atoms with Crippen LogP contribution in [0.3, 0.4) is 0 Å². The summed E-state index contributed by atoms with van der Waals surface area (Å²) in [6.07, 6.45) is -1.34. The molecule has 224 valence electrons. The molecule has 5 unspecified atom stereocenters. The van der Waals surface area contributed by atoms with Gasteiger partial charge in [-0.3, -0.25) is 0 Å². The first-order valence-electron chi connectivity index (χ1n) is 14.8. The van der Waals surface area contributed by atoms with Crippen molar-refractivity contribution in [2.45, 2.75) is 128 Å². The predicted molar refractivity (Wildman–Crippen MR) is 170 cm³/mol. The summed E-state index contributed by atoms with van der Waals surface area (Å²) in [4.78, 5) is 0. The van der Waals surface area contributed by atoms with Gasteiger partial charge in [0.2, 0.25) is 0 Å². The summed E-state index contributed by atoms with van der Waals surface area (Å²) < 4.78 is 34.0. The van der Waals surface area contributed by atoms with E-state index in [0.717, 1.165) is 11.1 Å². The van der Waals surface area contributed by atoms with Crippen molar-refractivity contribution in [2.24, 2.45) is 0 Å². The van der Waals surface area contributed by atoms with Crippen LogP contribution in [0.15, 0.2) is 60.7 Å². The Labute approximate surface area is 246 Å². The average molecular weight is 587 g/mol. The lowest BCUT2D eigenvalue weighted by atomic mass is 9.95. The largest absolute Gasteiger partial charge is 0.414 e. The summed E-state index contributed by atoms with van der Waals surface area (Å²) in [7, 11) is -4.19. The molecule has 1 aliphatic heterocycles. The molecule has 3 rings (SSSR count). The molecular weight excluding hydrogens is 533 g/mol. The van der Waals surface area contributed by atoms with E-state index in [4.69, 9.17) is 23.1 Å². The molecule has 7 heteroatoms. The van der Waals surface area contributed by atoms with Gasteiger partial charge in [0.1, 0.15) is 24.4 Å². The number of hydrogen-bond donors (Lipinski definition) is 0. The van der Waals surface area contributed by atoms with Gasteiger partial charge in [0.25, 0.3) is 0 Å². The third-order valence-electron chi connectivity index (χ3n) is 9.09. The molecule has 2 aromatic carbocycles. The smallest absolute Gasteiger partial charge is 0.192 e. The Bertz CT molecular complexity index is 1030. The van der Waals surface area contributed by atoms with Crippen LogP contribution in [0.25, 0.3) is 0 Å². The van der Waals surface area contributed by atoms with Crippen LogP contribution >= 0.6 is 0 Å². The summed E-state index contributed by atoms with van der Waals surface area (Å²) in [5.41, 5.74) is 2.25. The quantitative estimate of drug-likeness (QED) is 0.248. The van der Waals surface area contributed by atoms with Gasteiger partial charge in [-0.1, -0.05) is 102 Å². The maximum Gasteiger partial charge on any atom is 0.192 e. The first kappa shape index (κ1) is 33.2. The van der Waals surface area contributed by atoms with Gasteiger partial charge in [0, 0.05) is 0 Å². The van der Waals surface area contributed by atoms with Crippen LogP contribution in [-0.4, -0.2) is 53.8 Å².